The maximum Gasteiger partial charge on any atom is 0.0406 e. The molecular weight excluding hydrogens is 190 g/mol. The number of hydrogen-bond acceptors (Lipinski definition) is 2. The minimum atomic E-state index is 0.0831. The summed E-state index contributed by atoms with van der Waals surface area (Å²) < 4.78 is 0. The maximum atomic E-state index is 5.86. The van der Waals surface area contributed by atoms with Crippen molar-refractivity contribution in [2.75, 3.05) is 5.75 Å². The van der Waals surface area contributed by atoms with Crippen molar-refractivity contribution in [3.05, 3.63) is 34.9 Å². The lowest BCUT2D eigenvalue weighted by atomic mass is 10.1. The van der Waals surface area contributed by atoms with E-state index in [2.05, 4.69) is 12.6 Å². The Bertz CT molecular complexity index is 235. The molecule has 12 heavy (non-hydrogen) atoms. The standard InChI is InChI=1S/C9H12ClNS/c10-8-3-1-7(2-4-8)9(11)5-6-12/h1-4,9,12H,5-6,11H2. The molecule has 0 amide bonds. The molecule has 66 valence electrons. The summed E-state index contributed by atoms with van der Waals surface area (Å²) in [7, 11) is 0. The van der Waals surface area contributed by atoms with E-state index >= 15 is 0 Å². The van der Waals surface area contributed by atoms with Crippen molar-refractivity contribution in [2.24, 2.45) is 5.73 Å². The van der Waals surface area contributed by atoms with Crippen molar-refractivity contribution in [1.82, 2.24) is 0 Å². The molecule has 0 bridgehead atoms. The van der Waals surface area contributed by atoms with Crippen molar-refractivity contribution >= 4 is 24.2 Å². The van der Waals surface area contributed by atoms with Gasteiger partial charge in [0.15, 0.2) is 0 Å². The summed E-state index contributed by atoms with van der Waals surface area (Å²) in [6.07, 6.45) is 0.894. The first-order valence-corrected chi connectivity index (χ1v) is 4.87. The van der Waals surface area contributed by atoms with Gasteiger partial charge >= 0.3 is 0 Å². The number of nitrogens with two attached hydrogens (primary N) is 1. The summed E-state index contributed by atoms with van der Waals surface area (Å²) >= 11 is 9.86. The molecule has 0 fully saturated rings. The van der Waals surface area contributed by atoms with Crippen molar-refractivity contribution in [3.8, 4) is 0 Å². The van der Waals surface area contributed by atoms with Crippen molar-refractivity contribution in [3.63, 3.8) is 0 Å². The van der Waals surface area contributed by atoms with Gasteiger partial charge in [0, 0.05) is 11.1 Å². The quantitative estimate of drug-likeness (QED) is 0.723. The van der Waals surface area contributed by atoms with Gasteiger partial charge in [-0.05, 0) is 29.9 Å². The van der Waals surface area contributed by atoms with Gasteiger partial charge in [0.1, 0.15) is 0 Å². The smallest absolute Gasteiger partial charge is 0.0406 e. The van der Waals surface area contributed by atoms with Gasteiger partial charge in [0.25, 0.3) is 0 Å². The van der Waals surface area contributed by atoms with E-state index in [-0.39, 0.29) is 6.04 Å². The summed E-state index contributed by atoms with van der Waals surface area (Å²) in [6.45, 7) is 0. The van der Waals surface area contributed by atoms with Crippen LogP contribution in [0.4, 0.5) is 0 Å². The van der Waals surface area contributed by atoms with Crippen LogP contribution in [0.15, 0.2) is 24.3 Å². The lowest BCUT2D eigenvalue weighted by Crippen LogP contribution is -2.10. The highest BCUT2D eigenvalue weighted by atomic mass is 35.5. The molecule has 0 aliphatic heterocycles. The largest absolute Gasteiger partial charge is 0.324 e. The van der Waals surface area contributed by atoms with E-state index in [4.69, 9.17) is 17.3 Å². The van der Waals surface area contributed by atoms with E-state index in [1.165, 1.54) is 0 Å². The van der Waals surface area contributed by atoms with Gasteiger partial charge in [-0.1, -0.05) is 23.7 Å². The molecule has 0 aromatic heterocycles. The van der Waals surface area contributed by atoms with Gasteiger partial charge in [-0.3, -0.25) is 0 Å². The fourth-order valence-corrected chi connectivity index (χ4v) is 1.42. The topological polar surface area (TPSA) is 26.0 Å². The van der Waals surface area contributed by atoms with Gasteiger partial charge in [-0.25, -0.2) is 0 Å². The Hall–Kier alpha value is -0.180. The number of rotatable bonds is 3. The first-order chi connectivity index (χ1) is 5.74. The minimum Gasteiger partial charge on any atom is -0.324 e. The zero-order valence-electron chi connectivity index (χ0n) is 6.70. The van der Waals surface area contributed by atoms with Crippen LogP contribution in [0.25, 0.3) is 0 Å². The average molecular weight is 202 g/mol. The SMILES string of the molecule is NC(CCS)c1ccc(Cl)cc1. The van der Waals surface area contributed by atoms with E-state index in [0.29, 0.717) is 0 Å². The fraction of sp³-hybridized carbons (Fsp3) is 0.333. The minimum absolute atomic E-state index is 0.0831. The van der Waals surface area contributed by atoms with E-state index < -0.39 is 0 Å². The zero-order valence-corrected chi connectivity index (χ0v) is 8.35. The van der Waals surface area contributed by atoms with Crippen LogP contribution in [0.5, 0.6) is 0 Å². The monoisotopic (exact) mass is 201 g/mol. The Balaban J connectivity index is 2.68. The van der Waals surface area contributed by atoms with E-state index in [1.807, 2.05) is 24.3 Å². The Morgan fingerprint density at radius 1 is 1.33 bits per heavy atom. The molecule has 1 rings (SSSR count). The van der Waals surface area contributed by atoms with Crippen LogP contribution >= 0.6 is 24.2 Å². The molecule has 3 heteroatoms. The Morgan fingerprint density at radius 2 is 1.92 bits per heavy atom. The third kappa shape index (κ3) is 2.70. The fourth-order valence-electron chi connectivity index (χ4n) is 1.02. The maximum absolute atomic E-state index is 5.86. The molecule has 0 aliphatic rings. The number of hydrogen-bond donors (Lipinski definition) is 2. The molecule has 1 nitrogen and oxygen atoms in total. The Morgan fingerprint density at radius 3 is 2.42 bits per heavy atom. The summed E-state index contributed by atoms with van der Waals surface area (Å²) in [4.78, 5) is 0. The molecule has 0 aliphatic carbocycles. The van der Waals surface area contributed by atoms with Crippen LogP contribution in [0.1, 0.15) is 18.0 Å². The van der Waals surface area contributed by atoms with Crippen LogP contribution < -0.4 is 5.73 Å². The van der Waals surface area contributed by atoms with E-state index in [1.54, 1.807) is 0 Å². The average Bonchev–Trinajstić information content (AvgIpc) is 2.06. The lowest BCUT2D eigenvalue weighted by Gasteiger charge is -2.09. The van der Waals surface area contributed by atoms with Gasteiger partial charge in [-0.2, -0.15) is 12.6 Å². The Kier molecular flexibility index (Phi) is 3.92. The molecule has 0 radical (unpaired) electrons. The van der Waals surface area contributed by atoms with Crippen molar-refractivity contribution < 1.29 is 0 Å². The molecule has 1 atom stereocenters. The van der Waals surface area contributed by atoms with Gasteiger partial charge in [0.2, 0.25) is 0 Å². The van der Waals surface area contributed by atoms with Crippen LogP contribution in [0, 0.1) is 0 Å². The molecule has 0 saturated heterocycles. The van der Waals surface area contributed by atoms with Crippen molar-refractivity contribution in [2.45, 2.75) is 12.5 Å². The molecule has 1 aromatic carbocycles. The summed E-state index contributed by atoms with van der Waals surface area (Å²) in [5, 5.41) is 0.747. The second-order valence-electron chi connectivity index (χ2n) is 2.67. The molecule has 1 aromatic rings. The molecule has 2 N–H and O–H groups in total. The highest BCUT2D eigenvalue weighted by Crippen LogP contribution is 2.17. The number of thiol groups is 1. The summed E-state index contributed by atoms with van der Waals surface area (Å²) in [6, 6.07) is 7.71. The number of halogens is 1. The van der Waals surface area contributed by atoms with Crippen LogP contribution in [-0.4, -0.2) is 5.75 Å². The summed E-state index contributed by atoms with van der Waals surface area (Å²) in [5.41, 5.74) is 6.98. The normalized spacial score (nSPS) is 12.9. The third-order valence-electron chi connectivity index (χ3n) is 1.74. The predicted octanol–water partition coefficient (Wildman–Crippen LogP) is 2.66. The van der Waals surface area contributed by atoms with E-state index in [9.17, 15) is 0 Å². The Labute approximate surface area is 83.3 Å². The van der Waals surface area contributed by atoms with Gasteiger partial charge in [-0.15, -0.1) is 0 Å². The van der Waals surface area contributed by atoms with Crippen LogP contribution in [-0.2, 0) is 0 Å². The first-order valence-electron chi connectivity index (χ1n) is 3.86. The molecule has 0 saturated carbocycles. The predicted molar refractivity (Wildman–Crippen MR) is 56.9 cm³/mol. The van der Waals surface area contributed by atoms with Crippen LogP contribution in [0.2, 0.25) is 5.02 Å². The first kappa shape index (κ1) is 9.90. The van der Waals surface area contributed by atoms with Crippen molar-refractivity contribution in [1.29, 1.82) is 0 Å². The molecular formula is C9H12ClNS. The molecule has 0 heterocycles. The van der Waals surface area contributed by atoms with Gasteiger partial charge in [0.05, 0.1) is 0 Å². The highest BCUT2D eigenvalue weighted by molar-refractivity contribution is 7.80. The molecule has 0 spiro atoms. The van der Waals surface area contributed by atoms with Crippen LogP contribution in [0.3, 0.4) is 0 Å². The van der Waals surface area contributed by atoms with Gasteiger partial charge < -0.3 is 5.73 Å². The van der Waals surface area contributed by atoms with E-state index in [0.717, 1.165) is 22.8 Å². The second kappa shape index (κ2) is 4.75. The highest BCUT2D eigenvalue weighted by Gasteiger charge is 2.03. The second-order valence-corrected chi connectivity index (χ2v) is 3.55. The zero-order chi connectivity index (χ0) is 8.97. The number of benzene rings is 1. The summed E-state index contributed by atoms with van der Waals surface area (Å²) in [5.74, 6) is 0.809. The third-order valence-corrected chi connectivity index (χ3v) is 2.25. The molecule has 1 unspecified atom stereocenters. The lowest BCUT2D eigenvalue weighted by molar-refractivity contribution is 0.706.